The molecule has 0 fully saturated rings. The summed E-state index contributed by atoms with van der Waals surface area (Å²) in [5.74, 6) is -0.423. The maximum Gasteiger partial charge on any atom is 0.573 e. The quantitative estimate of drug-likeness (QED) is 0.696. The lowest BCUT2D eigenvalue weighted by molar-refractivity contribution is -0.274. The normalized spacial score (nSPS) is 12.5. The molecule has 0 radical (unpaired) electrons. The highest BCUT2D eigenvalue weighted by Crippen LogP contribution is 2.49. The predicted molar refractivity (Wildman–Crippen MR) is 71.3 cm³/mol. The fourth-order valence-corrected chi connectivity index (χ4v) is 4.05. The molecule has 0 amide bonds. The Morgan fingerprint density at radius 3 is 2.15 bits per heavy atom. The van der Waals surface area contributed by atoms with E-state index in [1.165, 1.54) is 6.07 Å². The minimum absolute atomic E-state index is 0.143. The highest BCUT2D eigenvalue weighted by atomic mass is 79.9. The van der Waals surface area contributed by atoms with E-state index in [1.807, 2.05) is 0 Å². The van der Waals surface area contributed by atoms with E-state index in [2.05, 4.69) is 20.7 Å². The van der Waals surface area contributed by atoms with Gasteiger partial charge in [0.25, 0.3) is 0 Å². The second kappa shape index (κ2) is 6.93. The van der Waals surface area contributed by atoms with Crippen molar-refractivity contribution in [3.05, 3.63) is 22.7 Å². The molecule has 0 saturated heterocycles. The molecule has 0 bridgehead atoms. The van der Waals surface area contributed by atoms with Crippen molar-refractivity contribution < 1.29 is 31.5 Å². The van der Waals surface area contributed by atoms with Crippen molar-refractivity contribution in [2.45, 2.75) is 20.2 Å². The van der Waals surface area contributed by atoms with Crippen LogP contribution in [-0.2, 0) is 13.6 Å². The van der Waals surface area contributed by atoms with Crippen molar-refractivity contribution in [2.24, 2.45) is 0 Å². The zero-order valence-corrected chi connectivity index (χ0v) is 13.2. The fraction of sp³-hybridized carbons (Fsp3) is 0.455. The van der Waals surface area contributed by atoms with Crippen LogP contribution in [0.5, 0.6) is 5.75 Å². The Morgan fingerprint density at radius 1 is 1.20 bits per heavy atom. The highest BCUT2D eigenvalue weighted by molar-refractivity contribution is 9.10. The standard InChI is InChI=1S/C11H13BrF3O4P/c1-3-17-20(16,18-4-2)10-6-5-8(7-9(10)12)19-11(13,14)15/h5-7H,3-4H2,1-2H3. The van der Waals surface area contributed by atoms with E-state index in [4.69, 9.17) is 9.05 Å². The lowest BCUT2D eigenvalue weighted by atomic mass is 10.3. The van der Waals surface area contributed by atoms with E-state index in [1.54, 1.807) is 13.8 Å². The van der Waals surface area contributed by atoms with Crippen LogP contribution in [0.1, 0.15) is 13.8 Å². The van der Waals surface area contributed by atoms with Crippen LogP contribution >= 0.6 is 23.5 Å². The molecule has 9 heteroatoms. The second-order valence-electron chi connectivity index (χ2n) is 3.49. The number of hydrogen-bond acceptors (Lipinski definition) is 4. The third kappa shape index (κ3) is 4.77. The third-order valence-electron chi connectivity index (χ3n) is 2.05. The fourth-order valence-electron chi connectivity index (χ4n) is 1.42. The van der Waals surface area contributed by atoms with E-state index in [0.717, 1.165) is 12.1 Å². The summed E-state index contributed by atoms with van der Waals surface area (Å²) in [4.78, 5) is 0. The van der Waals surface area contributed by atoms with Crippen LogP contribution in [0.4, 0.5) is 13.2 Å². The van der Waals surface area contributed by atoms with Gasteiger partial charge < -0.3 is 13.8 Å². The zero-order valence-electron chi connectivity index (χ0n) is 10.7. The van der Waals surface area contributed by atoms with Gasteiger partial charge in [0.1, 0.15) is 5.75 Å². The first-order valence-electron chi connectivity index (χ1n) is 5.67. The van der Waals surface area contributed by atoms with Gasteiger partial charge in [0, 0.05) is 4.47 Å². The molecule has 1 rings (SSSR count). The summed E-state index contributed by atoms with van der Waals surface area (Å²) in [7, 11) is -3.56. The Bertz CT molecular complexity index is 497. The molecule has 114 valence electrons. The van der Waals surface area contributed by atoms with Gasteiger partial charge in [-0.3, -0.25) is 4.57 Å². The van der Waals surface area contributed by atoms with Gasteiger partial charge in [-0.15, -0.1) is 13.2 Å². The number of halogens is 4. The van der Waals surface area contributed by atoms with Crippen molar-refractivity contribution in [2.75, 3.05) is 13.2 Å². The Labute approximate surface area is 122 Å². The summed E-state index contributed by atoms with van der Waals surface area (Å²) in [5, 5.41) is 0.149. The largest absolute Gasteiger partial charge is 0.573 e. The molecule has 0 aliphatic heterocycles. The molecule has 4 nitrogen and oxygen atoms in total. The molecule has 0 aliphatic carbocycles. The number of ether oxygens (including phenoxy) is 1. The van der Waals surface area contributed by atoms with Crippen LogP contribution in [0.25, 0.3) is 0 Å². The molecule has 0 aromatic heterocycles. The number of benzene rings is 1. The van der Waals surface area contributed by atoms with E-state index >= 15 is 0 Å². The molecule has 0 spiro atoms. The van der Waals surface area contributed by atoms with Crippen LogP contribution in [0, 0.1) is 0 Å². The lowest BCUT2D eigenvalue weighted by Gasteiger charge is -2.19. The Hall–Kier alpha value is -0.560. The molecule has 1 aromatic carbocycles. The van der Waals surface area contributed by atoms with Crippen LogP contribution in [0.2, 0.25) is 0 Å². The molecule has 0 N–H and O–H groups in total. The van der Waals surface area contributed by atoms with E-state index in [9.17, 15) is 17.7 Å². The van der Waals surface area contributed by atoms with Crippen molar-refractivity contribution in [3.63, 3.8) is 0 Å². The minimum Gasteiger partial charge on any atom is -0.406 e. The zero-order chi connectivity index (χ0) is 15.4. The average molecular weight is 377 g/mol. The molecule has 0 heterocycles. The number of alkyl halides is 3. The predicted octanol–water partition coefficient (Wildman–Crippen LogP) is 4.24. The van der Waals surface area contributed by atoms with Crippen LogP contribution in [0.15, 0.2) is 22.7 Å². The molecule has 0 atom stereocenters. The van der Waals surface area contributed by atoms with Gasteiger partial charge in [0.05, 0.1) is 18.5 Å². The molecular formula is C11H13BrF3O4P. The van der Waals surface area contributed by atoms with Crippen LogP contribution in [-0.4, -0.2) is 19.6 Å². The second-order valence-corrected chi connectivity index (χ2v) is 6.34. The molecular weight excluding hydrogens is 364 g/mol. The van der Waals surface area contributed by atoms with Gasteiger partial charge >= 0.3 is 14.0 Å². The molecule has 0 aliphatic rings. The molecule has 0 saturated carbocycles. The average Bonchev–Trinajstić information content (AvgIpc) is 2.26. The minimum atomic E-state index is -4.79. The van der Waals surface area contributed by atoms with E-state index < -0.39 is 19.7 Å². The highest BCUT2D eigenvalue weighted by Gasteiger charge is 2.33. The van der Waals surface area contributed by atoms with Crippen molar-refractivity contribution in [3.8, 4) is 5.75 Å². The number of hydrogen-bond donors (Lipinski definition) is 0. The molecule has 20 heavy (non-hydrogen) atoms. The van der Waals surface area contributed by atoms with E-state index in [0.29, 0.717) is 0 Å². The maximum absolute atomic E-state index is 12.5. The first-order chi connectivity index (χ1) is 9.22. The molecule has 0 unspecified atom stereocenters. The van der Waals surface area contributed by atoms with Gasteiger partial charge in [-0.05, 0) is 48.0 Å². The van der Waals surface area contributed by atoms with E-state index in [-0.39, 0.29) is 23.0 Å². The van der Waals surface area contributed by atoms with Gasteiger partial charge in [0.2, 0.25) is 0 Å². The van der Waals surface area contributed by atoms with Crippen LogP contribution in [0.3, 0.4) is 0 Å². The summed E-state index contributed by atoms with van der Waals surface area (Å²) >= 11 is 3.05. The molecule has 1 aromatic rings. The van der Waals surface area contributed by atoms with Crippen molar-refractivity contribution in [1.82, 2.24) is 0 Å². The van der Waals surface area contributed by atoms with Gasteiger partial charge in [-0.25, -0.2) is 0 Å². The van der Waals surface area contributed by atoms with Gasteiger partial charge in [0.15, 0.2) is 0 Å². The monoisotopic (exact) mass is 376 g/mol. The smallest absolute Gasteiger partial charge is 0.406 e. The first-order valence-corrected chi connectivity index (χ1v) is 8.00. The van der Waals surface area contributed by atoms with Gasteiger partial charge in [-0.1, -0.05) is 0 Å². The Morgan fingerprint density at radius 2 is 1.75 bits per heavy atom. The topological polar surface area (TPSA) is 44.8 Å². The van der Waals surface area contributed by atoms with Crippen molar-refractivity contribution in [1.29, 1.82) is 0 Å². The summed E-state index contributed by atoms with van der Waals surface area (Å²) in [6.07, 6.45) is -4.79. The summed E-state index contributed by atoms with van der Waals surface area (Å²) in [6.45, 7) is 3.57. The lowest BCUT2D eigenvalue weighted by Crippen LogP contribution is -2.18. The van der Waals surface area contributed by atoms with Crippen molar-refractivity contribution >= 4 is 28.8 Å². The SMILES string of the molecule is CCOP(=O)(OCC)c1ccc(OC(F)(F)F)cc1Br. The Kier molecular flexibility index (Phi) is 6.06. The summed E-state index contributed by atoms with van der Waals surface area (Å²) in [6, 6.07) is 3.34. The first kappa shape index (κ1) is 17.5. The third-order valence-corrected chi connectivity index (χ3v) is 5.18. The van der Waals surface area contributed by atoms with Gasteiger partial charge in [-0.2, -0.15) is 0 Å². The Balaban J connectivity index is 3.11. The summed E-state index contributed by atoms with van der Waals surface area (Å²) in [5.41, 5.74) is 0. The van der Waals surface area contributed by atoms with Crippen LogP contribution < -0.4 is 10.0 Å². The summed E-state index contributed by atoms with van der Waals surface area (Å²) < 4.78 is 63.0. The maximum atomic E-state index is 12.5. The number of rotatable bonds is 6.